The maximum absolute atomic E-state index is 12.7. The Labute approximate surface area is 162 Å². The van der Waals surface area contributed by atoms with Gasteiger partial charge in [-0.1, -0.05) is 49.4 Å². The Hall–Kier alpha value is -2.04. The Morgan fingerprint density at radius 1 is 1.12 bits per heavy atom. The zero-order valence-corrected chi connectivity index (χ0v) is 16.4. The zero-order valence-electron chi connectivity index (χ0n) is 15.6. The van der Waals surface area contributed by atoms with Crippen molar-refractivity contribution in [3.8, 4) is 5.75 Å². The number of halogens is 1. The van der Waals surface area contributed by atoms with Crippen molar-refractivity contribution in [1.82, 2.24) is 4.90 Å². The smallest absolute Gasteiger partial charge is 0.223 e. The van der Waals surface area contributed by atoms with Gasteiger partial charge in [0.2, 0.25) is 5.91 Å². The number of rotatable bonds is 9. The molecule has 1 atom stereocenters. The third-order valence-corrected chi connectivity index (χ3v) is 4.41. The Bertz CT molecular complexity index is 664. The highest BCUT2D eigenvalue weighted by Crippen LogP contribution is 2.24. The Balaban J connectivity index is 0.00000338. The van der Waals surface area contributed by atoms with Crippen LogP contribution < -0.4 is 10.5 Å². The van der Waals surface area contributed by atoms with Gasteiger partial charge in [0.1, 0.15) is 5.75 Å². The number of amides is 1. The molecule has 142 valence electrons. The number of methoxy groups -OCH3 is 1. The van der Waals surface area contributed by atoms with Crippen LogP contribution in [-0.2, 0) is 11.2 Å². The van der Waals surface area contributed by atoms with Crippen molar-refractivity contribution < 1.29 is 9.53 Å². The first-order valence-corrected chi connectivity index (χ1v) is 8.79. The van der Waals surface area contributed by atoms with Crippen LogP contribution in [-0.4, -0.2) is 37.6 Å². The number of hydrogen-bond donors (Lipinski definition) is 1. The van der Waals surface area contributed by atoms with Gasteiger partial charge in [0.15, 0.2) is 0 Å². The second-order valence-corrected chi connectivity index (χ2v) is 6.29. The molecule has 1 unspecified atom stereocenters. The van der Waals surface area contributed by atoms with Crippen molar-refractivity contribution in [3.63, 3.8) is 0 Å². The molecule has 1 amide bonds. The molecule has 0 aliphatic carbocycles. The van der Waals surface area contributed by atoms with E-state index in [1.807, 2.05) is 47.4 Å². The molecule has 2 rings (SSSR count). The highest BCUT2D eigenvalue weighted by atomic mass is 35.5. The van der Waals surface area contributed by atoms with Crippen LogP contribution in [0.25, 0.3) is 0 Å². The van der Waals surface area contributed by atoms with Crippen LogP contribution in [0.15, 0.2) is 54.6 Å². The topological polar surface area (TPSA) is 55.6 Å². The lowest BCUT2D eigenvalue weighted by molar-refractivity contribution is -0.131. The molecule has 0 saturated carbocycles. The summed E-state index contributed by atoms with van der Waals surface area (Å²) in [7, 11) is 1.65. The second-order valence-electron chi connectivity index (χ2n) is 6.29. The highest BCUT2D eigenvalue weighted by Gasteiger charge is 2.17. The Morgan fingerprint density at radius 3 is 2.50 bits per heavy atom. The molecular formula is C21H29ClN2O2. The average molecular weight is 377 g/mol. The number of hydrogen-bond acceptors (Lipinski definition) is 3. The summed E-state index contributed by atoms with van der Waals surface area (Å²) in [6, 6.07) is 18.1. The lowest BCUT2D eigenvalue weighted by Crippen LogP contribution is -2.37. The van der Waals surface area contributed by atoms with Gasteiger partial charge < -0.3 is 15.4 Å². The van der Waals surface area contributed by atoms with Crippen molar-refractivity contribution in [2.45, 2.75) is 25.7 Å². The normalized spacial score (nSPS) is 11.3. The van der Waals surface area contributed by atoms with Gasteiger partial charge in [0, 0.05) is 26.1 Å². The molecule has 2 N–H and O–H groups in total. The predicted octanol–water partition coefficient (Wildman–Crippen LogP) is 3.64. The number of carbonyl (C=O) groups is 1. The molecular weight excluding hydrogens is 348 g/mol. The molecule has 0 spiro atoms. The summed E-state index contributed by atoms with van der Waals surface area (Å²) >= 11 is 0. The minimum Gasteiger partial charge on any atom is -0.497 e. The van der Waals surface area contributed by atoms with Crippen LogP contribution in [0.5, 0.6) is 5.75 Å². The minimum atomic E-state index is 0. The van der Waals surface area contributed by atoms with E-state index in [2.05, 4.69) is 19.1 Å². The lowest BCUT2D eigenvalue weighted by Gasteiger charge is -2.24. The zero-order chi connectivity index (χ0) is 18.1. The molecule has 0 aliphatic heterocycles. The molecule has 2 aromatic carbocycles. The van der Waals surface area contributed by atoms with Gasteiger partial charge in [0.05, 0.1) is 7.11 Å². The number of benzene rings is 2. The number of ether oxygens (including phenoxy) is 1. The predicted molar refractivity (Wildman–Crippen MR) is 109 cm³/mol. The summed E-state index contributed by atoms with van der Waals surface area (Å²) in [6.07, 6.45) is 1.32. The minimum absolute atomic E-state index is 0. The molecule has 0 bridgehead atoms. The van der Waals surface area contributed by atoms with E-state index in [0.29, 0.717) is 26.1 Å². The van der Waals surface area contributed by atoms with E-state index in [1.54, 1.807) is 7.11 Å². The van der Waals surface area contributed by atoms with E-state index < -0.39 is 0 Å². The van der Waals surface area contributed by atoms with Gasteiger partial charge in [0.25, 0.3) is 0 Å². The highest BCUT2D eigenvalue weighted by molar-refractivity contribution is 5.85. The molecule has 2 aromatic rings. The molecule has 0 saturated heterocycles. The fourth-order valence-electron chi connectivity index (χ4n) is 2.88. The van der Waals surface area contributed by atoms with Crippen molar-refractivity contribution in [2.75, 3.05) is 26.7 Å². The first kappa shape index (κ1) is 22.0. The Morgan fingerprint density at radius 2 is 1.85 bits per heavy atom. The first-order chi connectivity index (χ1) is 12.1. The van der Waals surface area contributed by atoms with E-state index in [1.165, 1.54) is 5.56 Å². The maximum atomic E-state index is 12.7. The van der Waals surface area contributed by atoms with Crippen LogP contribution in [0.4, 0.5) is 0 Å². The molecule has 0 fully saturated rings. The molecule has 0 heterocycles. The summed E-state index contributed by atoms with van der Waals surface area (Å²) in [5.41, 5.74) is 8.05. The monoisotopic (exact) mass is 376 g/mol. The molecule has 0 aromatic heterocycles. The first-order valence-electron chi connectivity index (χ1n) is 8.79. The average Bonchev–Trinajstić information content (AvgIpc) is 2.65. The standard InChI is InChI=1S/C21H28N2O2.ClH/c1-17(19-9-6-10-20(16-19)25-2)15-21(24)23(14-12-22)13-11-18-7-4-3-5-8-18;/h3-10,16-17H,11-15,22H2,1-2H3;1H. The fourth-order valence-corrected chi connectivity index (χ4v) is 2.88. The number of nitrogens with zero attached hydrogens (tertiary/aromatic N) is 1. The summed E-state index contributed by atoms with van der Waals surface area (Å²) in [5.74, 6) is 1.11. The Kier molecular flexibility index (Phi) is 9.78. The van der Waals surface area contributed by atoms with E-state index in [-0.39, 0.29) is 24.2 Å². The third-order valence-electron chi connectivity index (χ3n) is 4.41. The van der Waals surface area contributed by atoms with Crippen molar-refractivity contribution >= 4 is 18.3 Å². The van der Waals surface area contributed by atoms with Gasteiger partial charge in [-0.2, -0.15) is 0 Å². The van der Waals surface area contributed by atoms with Crippen molar-refractivity contribution in [2.24, 2.45) is 5.73 Å². The van der Waals surface area contributed by atoms with Gasteiger partial charge >= 0.3 is 0 Å². The lowest BCUT2D eigenvalue weighted by atomic mass is 9.97. The molecule has 0 aliphatic rings. The molecule has 26 heavy (non-hydrogen) atoms. The number of nitrogens with two attached hydrogens (primary N) is 1. The molecule has 5 heteroatoms. The maximum Gasteiger partial charge on any atom is 0.223 e. The summed E-state index contributed by atoms with van der Waals surface area (Å²) < 4.78 is 5.27. The fraction of sp³-hybridized carbons (Fsp3) is 0.381. The van der Waals surface area contributed by atoms with Gasteiger partial charge in [-0.3, -0.25) is 4.79 Å². The summed E-state index contributed by atoms with van der Waals surface area (Å²) in [6.45, 7) is 3.85. The largest absolute Gasteiger partial charge is 0.497 e. The van der Waals surface area contributed by atoms with Gasteiger partial charge in [-0.25, -0.2) is 0 Å². The van der Waals surface area contributed by atoms with E-state index in [4.69, 9.17) is 10.5 Å². The van der Waals surface area contributed by atoms with Crippen molar-refractivity contribution in [1.29, 1.82) is 0 Å². The van der Waals surface area contributed by atoms with Crippen LogP contribution in [0.3, 0.4) is 0 Å². The van der Waals surface area contributed by atoms with E-state index >= 15 is 0 Å². The quantitative estimate of drug-likeness (QED) is 0.726. The number of carbonyl (C=O) groups excluding carboxylic acids is 1. The third kappa shape index (κ3) is 6.70. The van der Waals surface area contributed by atoms with Crippen LogP contribution in [0.2, 0.25) is 0 Å². The van der Waals surface area contributed by atoms with E-state index in [9.17, 15) is 4.79 Å². The SMILES string of the molecule is COc1cccc(C(C)CC(=O)N(CCN)CCc2ccccc2)c1.Cl. The van der Waals surface area contributed by atoms with E-state index in [0.717, 1.165) is 17.7 Å². The summed E-state index contributed by atoms with van der Waals surface area (Å²) in [5, 5.41) is 0. The van der Waals surface area contributed by atoms with Crippen LogP contribution >= 0.6 is 12.4 Å². The summed E-state index contributed by atoms with van der Waals surface area (Å²) in [4.78, 5) is 14.6. The second kappa shape index (κ2) is 11.6. The van der Waals surface area contributed by atoms with Gasteiger partial charge in [-0.15, -0.1) is 12.4 Å². The van der Waals surface area contributed by atoms with Gasteiger partial charge in [-0.05, 0) is 35.6 Å². The van der Waals surface area contributed by atoms with Crippen LogP contribution in [0, 0.1) is 0 Å². The van der Waals surface area contributed by atoms with Crippen LogP contribution in [0.1, 0.15) is 30.4 Å². The molecule has 4 nitrogen and oxygen atoms in total. The molecule has 0 radical (unpaired) electrons. The van der Waals surface area contributed by atoms with Crippen molar-refractivity contribution in [3.05, 3.63) is 65.7 Å².